The van der Waals surface area contributed by atoms with Crippen LogP contribution < -0.4 is 4.74 Å². The third kappa shape index (κ3) is 5.46. The molecule has 0 saturated carbocycles. The SMILES string of the molecule is COc1ccccc1C1CN(Cc2ccccc2)CC1CC=CCCC(=O)O. The number of aliphatic carboxylic acids is 1. The molecule has 2 atom stereocenters. The van der Waals surface area contributed by atoms with Crippen LogP contribution in [0, 0.1) is 5.92 Å². The number of ether oxygens (including phenoxy) is 1. The van der Waals surface area contributed by atoms with E-state index >= 15 is 0 Å². The quantitative estimate of drug-likeness (QED) is 0.641. The molecule has 4 heteroatoms. The van der Waals surface area contributed by atoms with Gasteiger partial charge in [-0.15, -0.1) is 0 Å². The van der Waals surface area contributed by atoms with Gasteiger partial charge >= 0.3 is 5.97 Å². The Kier molecular flexibility index (Phi) is 7.26. The molecule has 1 aliphatic rings. The molecule has 0 spiro atoms. The minimum Gasteiger partial charge on any atom is -0.496 e. The lowest BCUT2D eigenvalue weighted by Gasteiger charge is -2.20. The van der Waals surface area contributed by atoms with Gasteiger partial charge in [0.05, 0.1) is 7.11 Å². The molecule has 3 rings (SSSR count). The van der Waals surface area contributed by atoms with Gasteiger partial charge in [-0.3, -0.25) is 9.69 Å². The first-order valence-electron chi connectivity index (χ1n) is 9.93. The summed E-state index contributed by atoms with van der Waals surface area (Å²) in [6.07, 6.45) is 5.90. The zero-order chi connectivity index (χ0) is 19.8. The molecule has 0 aliphatic carbocycles. The van der Waals surface area contributed by atoms with Crippen molar-refractivity contribution in [1.29, 1.82) is 0 Å². The average molecular weight is 380 g/mol. The van der Waals surface area contributed by atoms with Crippen molar-refractivity contribution in [2.75, 3.05) is 20.2 Å². The van der Waals surface area contributed by atoms with Crippen LogP contribution in [0.4, 0.5) is 0 Å². The Balaban J connectivity index is 1.72. The van der Waals surface area contributed by atoms with Gasteiger partial charge in [0.25, 0.3) is 0 Å². The van der Waals surface area contributed by atoms with E-state index in [1.54, 1.807) is 7.11 Å². The van der Waals surface area contributed by atoms with E-state index in [9.17, 15) is 4.79 Å². The zero-order valence-electron chi connectivity index (χ0n) is 16.5. The third-order valence-electron chi connectivity index (χ3n) is 5.43. The lowest BCUT2D eigenvalue weighted by Crippen LogP contribution is -2.20. The second-order valence-electron chi connectivity index (χ2n) is 7.43. The molecule has 0 radical (unpaired) electrons. The van der Waals surface area contributed by atoms with Crippen LogP contribution in [0.3, 0.4) is 0 Å². The number of benzene rings is 2. The Morgan fingerprint density at radius 1 is 1.11 bits per heavy atom. The molecule has 4 nitrogen and oxygen atoms in total. The van der Waals surface area contributed by atoms with E-state index < -0.39 is 5.97 Å². The highest BCUT2D eigenvalue weighted by Crippen LogP contribution is 2.39. The molecular weight excluding hydrogens is 350 g/mol. The van der Waals surface area contributed by atoms with Gasteiger partial charge in [0.15, 0.2) is 0 Å². The van der Waals surface area contributed by atoms with Crippen LogP contribution in [-0.2, 0) is 11.3 Å². The van der Waals surface area contributed by atoms with Crippen molar-refractivity contribution in [3.8, 4) is 5.75 Å². The average Bonchev–Trinajstić information content (AvgIpc) is 3.10. The zero-order valence-corrected chi connectivity index (χ0v) is 16.5. The van der Waals surface area contributed by atoms with Crippen LogP contribution in [-0.4, -0.2) is 36.2 Å². The largest absolute Gasteiger partial charge is 0.496 e. The first kappa shape index (κ1) is 20.2. The van der Waals surface area contributed by atoms with E-state index in [1.165, 1.54) is 11.1 Å². The molecule has 0 aromatic heterocycles. The van der Waals surface area contributed by atoms with Gasteiger partial charge in [0, 0.05) is 32.0 Å². The normalized spacial score (nSPS) is 19.9. The number of carboxylic acid groups (broad SMARTS) is 1. The molecule has 2 unspecified atom stereocenters. The van der Waals surface area contributed by atoms with Gasteiger partial charge in [-0.25, -0.2) is 0 Å². The fraction of sp³-hybridized carbons (Fsp3) is 0.375. The Morgan fingerprint density at radius 3 is 2.61 bits per heavy atom. The van der Waals surface area contributed by atoms with Crippen LogP contribution in [0.15, 0.2) is 66.7 Å². The molecule has 1 fully saturated rings. The third-order valence-corrected chi connectivity index (χ3v) is 5.43. The molecule has 1 saturated heterocycles. The number of nitrogens with zero attached hydrogens (tertiary/aromatic N) is 1. The van der Waals surface area contributed by atoms with E-state index in [1.807, 2.05) is 18.2 Å². The molecule has 1 heterocycles. The molecule has 148 valence electrons. The number of methoxy groups -OCH3 is 1. The predicted molar refractivity (Wildman–Crippen MR) is 112 cm³/mol. The van der Waals surface area contributed by atoms with E-state index in [2.05, 4.69) is 53.4 Å². The van der Waals surface area contributed by atoms with Gasteiger partial charge in [0.2, 0.25) is 0 Å². The highest BCUT2D eigenvalue weighted by atomic mass is 16.5. The van der Waals surface area contributed by atoms with Crippen molar-refractivity contribution in [1.82, 2.24) is 4.90 Å². The topological polar surface area (TPSA) is 49.8 Å². The van der Waals surface area contributed by atoms with Gasteiger partial charge in [-0.1, -0.05) is 60.7 Å². The van der Waals surface area contributed by atoms with E-state index in [0.29, 0.717) is 18.3 Å². The van der Waals surface area contributed by atoms with Crippen LogP contribution in [0.25, 0.3) is 0 Å². The lowest BCUT2D eigenvalue weighted by atomic mass is 9.86. The highest BCUT2D eigenvalue weighted by molar-refractivity contribution is 5.66. The summed E-state index contributed by atoms with van der Waals surface area (Å²) in [6, 6.07) is 18.9. The standard InChI is InChI=1S/C24H29NO3/c1-28-23-14-9-8-13-21(23)22-18-25(16-19-10-4-2-5-11-19)17-20(22)12-6-3-7-15-24(26)27/h2-6,8-11,13-14,20,22H,7,12,15-18H2,1H3,(H,26,27). The summed E-state index contributed by atoms with van der Waals surface area (Å²) < 4.78 is 5.63. The molecule has 28 heavy (non-hydrogen) atoms. The van der Waals surface area contributed by atoms with E-state index in [4.69, 9.17) is 9.84 Å². The second-order valence-corrected chi connectivity index (χ2v) is 7.43. The molecule has 0 amide bonds. The summed E-state index contributed by atoms with van der Waals surface area (Å²) in [4.78, 5) is 13.2. The van der Waals surface area contributed by atoms with Crippen LogP contribution in [0.2, 0.25) is 0 Å². The second kappa shape index (κ2) is 10.1. The monoisotopic (exact) mass is 379 g/mol. The molecule has 1 aliphatic heterocycles. The van der Waals surface area contributed by atoms with Gasteiger partial charge < -0.3 is 9.84 Å². The number of hydrogen-bond donors (Lipinski definition) is 1. The van der Waals surface area contributed by atoms with Crippen LogP contribution >= 0.6 is 0 Å². The first-order valence-corrected chi connectivity index (χ1v) is 9.93. The fourth-order valence-corrected chi connectivity index (χ4v) is 4.09. The maximum Gasteiger partial charge on any atom is 0.303 e. The number of carbonyl (C=O) groups is 1. The molecule has 2 aromatic carbocycles. The van der Waals surface area contributed by atoms with Crippen molar-refractivity contribution in [3.63, 3.8) is 0 Å². The smallest absolute Gasteiger partial charge is 0.303 e. The minimum atomic E-state index is -0.744. The van der Waals surface area contributed by atoms with Gasteiger partial charge in [-0.2, -0.15) is 0 Å². The predicted octanol–water partition coefficient (Wildman–Crippen LogP) is 4.72. The number of carboxylic acids is 1. The number of likely N-dealkylation sites (tertiary alicyclic amines) is 1. The maximum absolute atomic E-state index is 10.7. The van der Waals surface area contributed by atoms with Gasteiger partial charge in [0.1, 0.15) is 5.75 Å². The number of hydrogen-bond acceptors (Lipinski definition) is 3. The summed E-state index contributed by atoms with van der Waals surface area (Å²) in [5, 5.41) is 8.79. The first-order chi connectivity index (χ1) is 13.7. The number of allylic oxidation sites excluding steroid dienone is 2. The Morgan fingerprint density at radius 2 is 1.86 bits per heavy atom. The van der Waals surface area contributed by atoms with E-state index in [0.717, 1.165) is 31.8 Å². The Hall–Kier alpha value is -2.59. The highest BCUT2D eigenvalue weighted by Gasteiger charge is 2.34. The number of para-hydroxylation sites is 1. The van der Waals surface area contributed by atoms with E-state index in [-0.39, 0.29) is 6.42 Å². The fourth-order valence-electron chi connectivity index (χ4n) is 4.09. The Labute approximate surface area is 167 Å². The summed E-state index contributed by atoms with van der Waals surface area (Å²) in [5.41, 5.74) is 2.60. The summed E-state index contributed by atoms with van der Waals surface area (Å²) >= 11 is 0. The number of rotatable bonds is 9. The lowest BCUT2D eigenvalue weighted by molar-refractivity contribution is -0.136. The molecule has 2 aromatic rings. The van der Waals surface area contributed by atoms with Crippen LogP contribution in [0.5, 0.6) is 5.75 Å². The van der Waals surface area contributed by atoms with Crippen LogP contribution in [0.1, 0.15) is 36.3 Å². The summed E-state index contributed by atoms with van der Waals surface area (Å²) in [5.74, 6) is 1.10. The van der Waals surface area contributed by atoms with Crippen molar-refractivity contribution in [3.05, 3.63) is 77.9 Å². The Bertz CT molecular complexity index is 787. The summed E-state index contributed by atoms with van der Waals surface area (Å²) in [6.45, 7) is 2.98. The molecular formula is C24H29NO3. The maximum atomic E-state index is 10.7. The van der Waals surface area contributed by atoms with Crippen molar-refractivity contribution < 1.29 is 14.6 Å². The van der Waals surface area contributed by atoms with Gasteiger partial charge in [-0.05, 0) is 36.0 Å². The summed E-state index contributed by atoms with van der Waals surface area (Å²) in [7, 11) is 1.73. The van der Waals surface area contributed by atoms with Crippen molar-refractivity contribution >= 4 is 5.97 Å². The minimum absolute atomic E-state index is 0.192. The van der Waals surface area contributed by atoms with Crippen molar-refractivity contribution in [2.45, 2.75) is 31.7 Å². The molecule has 0 bridgehead atoms. The van der Waals surface area contributed by atoms with Crippen molar-refractivity contribution in [2.24, 2.45) is 5.92 Å². The molecule has 1 N–H and O–H groups in total.